The van der Waals surface area contributed by atoms with Crippen LogP contribution in [0.4, 0.5) is 0 Å². The van der Waals surface area contributed by atoms with E-state index in [0.717, 1.165) is 72.3 Å². The fourth-order valence-electron chi connectivity index (χ4n) is 5.06. The van der Waals surface area contributed by atoms with Crippen LogP contribution in [0.25, 0.3) is 5.57 Å². The van der Waals surface area contributed by atoms with Gasteiger partial charge in [-0.1, -0.05) is 125 Å². The van der Waals surface area contributed by atoms with Crippen molar-refractivity contribution in [3.8, 4) is 0 Å². The van der Waals surface area contributed by atoms with Gasteiger partial charge in [-0.25, -0.2) is 0 Å². The molecule has 0 amide bonds. The van der Waals surface area contributed by atoms with Crippen LogP contribution in [0.2, 0.25) is 0 Å². The first-order chi connectivity index (χ1) is 22.6. The number of rotatable bonds is 21. The lowest BCUT2D eigenvalue weighted by Crippen LogP contribution is -2.46. The van der Waals surface area contributed by atoms with E-state index in [2.05, 4.69) is 119 Å². The Labute approximate surface area is 286 Å². The Morgan fingerprint density at radius 2 is 0.870 bits per heavy atom. The zero-order valence-corrected chi connectivity index (χ0v) is 29.8. The topological polar surface area (TPSA) is 36.9 Å². The highest BCUT2D eigenvalue weighted by atomic mass is 32.2. The van der Waals surface area contributed by atoms with E-state index in [9.17, 15) is 0 Å². The van der Waals surface area contributed by atoms with Gasteiger partial charge in [0.2, 0.25) is 11.6 Å². The van der Waals surface area contributed by atoms with Gasteiger partial charge in [0.05, 0.1) is 31.3 Å². The molecule has 0 unspecified atom stereocenters. The average molecular weight is 661 g/mol. The molecule has 0 aromatic heterocycles. The highest BCUT2D eigenvalue weighted by Crippen LogP contribution is 2.50. The second kappa shape index (κ2) is 19.5. The van der Waals surface area contributed by atoms with Gasteiger partial charge >= 0.3 is 0 Å². The van der Waals surface area contributed by atoms with E-state index in [4.69, 9.17) is 18.9 Å². The van der Waals surface area contributed by atoms with Crippen molar-refractivity contribution in [2.75, 3.05) is 26.4 Å². The summed E-state index contributed by atoms with van der Waals surface area (Å²) in [7, 11) is 0. The third kappa shape index (κ3) is 10.3. The molecule has 0 atom stereocenters. The zero-order valence-electron chi connectivity index (χ0n) is 28.2. The Balaban J connectivity index is 1.86. The molecule has 0 heterocycles. The second-order valence-corrected chi connectivity index (χ2v) is 13.8. The maximum Gasteiger partial charge on any atom is 0.222 e. The first-order valence-electron chi connectivity index (χ1n) is 17.2. The highest BCUT2D eigenvalue weighted by molar-refractivity contribution is 8.03. The van der Waals surface area contributed by atoms with Gasteiger partial charge in [-0.05, 0) is 79.8 Å². The molecular weight excluding hydrogens is 609 g/mol. The van der Waals surface area contributed by atoms with Gasteiger partial charge in [-0.15, -0.1) is 0 Å². The molecule has 248 valence electrons. The Hall–Kier alpha value is -2.32. The third-order valence-electron chi connectivity index (χ3n) is 7.75. The summed E-state index contributed by atoms with van der Waals surface area (Å²) < 4.78 is 27.4. The summed E-state index contributed by atoms with van der Waals surface area (Å²) >= 11 is 3.43. The number of hydrogen-bond acceptors (Lipinski definition) is 6. The number of hydrogen-bond donors (Lipinski definition) is 0. The van der Waals surface area contributed by atoms with Gasteiger partial charge in [0.1, 0.15) is 0 Å². The van der Waals surface area contributed by atoms with Gasteiger partial charge in [-0.3, -0.25) is 0 Å². The van der Waals surface area contributed by atoms with E-state index in [0.29, 0.717) is 26.4 Å². The molecule has 3 aromatic carbocycles. The molecule has 3 aromatic rings. The number of thioether (sulfide) groups is 1. The van der Waals surface area contributed by atoms with Crippen molar-refractivity contribution in [1.82, 2.24) is 0 Å². The monoisotopic (exact) mass is 660 g/mol. The summed E-state index contributed by atoms with van der Waals surface area (Å²) in [5.74, 6) is -2.15. The van der Waals surface area contributed by atoms with Crippen LogP contribution in [0, 0.1) is 0 Å². The Bertz CT molecular complexity index is 1320. The molecule has 4 rings (SSSR count). The first kappa shape index (κ1) is 36.5. The van der Waals surface area contributed by atoms with Crippen LogP contribution >= 0.6 is 23.5 Å². The van der Waals surface area contributed by atoms with E-state index in [1.807, 2.05) is 6.07 Å². The normalized spacial score (nSPS) is 15.4. The van der Waals surface area contributed by atoms with Crippen molar-refractivity contribution in [1.29, 1.82) is 0 Å². The van der Waals surface area contributed by atoms with E-state index >= 15 is 0 Å². The Kier molecular flexibility index (Phi) is 15.5. The molecule has 46 heavy (non-hydrogen) atoms. The molecule has 0 radical (unpaired) electrons. The molecule has 1 aliphatic rings. The van der Waals surface area contributed by atoms with Crippen LogP contribution in [0.1, 0.15) is 84.6 Å². The van der Waals surface area contributed by atoms with Crippen molar-refractivity contribution in [3.63, 3.8) is 0 Å². The summed E-state index contributed by atoms with van der Waals surface area (Å²) in [4.78, 5) is 4.45. The Morgan fingerprint density at radius 3 is 1.33 bits per heavy atom. The molecule has 6 heteroatoms. The summed E-state index contributed by atoms with van der Waals surface area (Å²) in [5, 5.41) is 0. The molecule has 0 saturated carbocycles. The number of ether oxygens (including phenoxy) is 4. The van der Waals surface area contributed by atoms with Crippen molar-refractivity contribution < 1.29 is 18.9 Å². The summed E-state index contributed by atoms with van der Waals surface area (Å²) in [6.07, 6.45) is 12.3. The van der Waals surface area contributed by atoms with Gasteiger partial charge in [0.15, 0.2) is 0 Å². The largest absolute Gasteiger partial charge is 0.343 e. The number of benzene rings is 3. The maximum absolute atomic E-state index is 6.87. The fourth-order valence-corrected chi connectivity index (χ4v) is 6.98. The molecule has 4 nitrogen and oxygen atoms in total. The molecule has 0 aliphatic heterocycles. The number of unbranched alkanes of at least 4 members (excludes halogenated alkanes) is 4. The second-order valence-electron chi connectivity index (χ2n) is 11.6. The third-order valence-corrected chi connectivity index (χ3v) is 9.89. The van der Waals surface area contributed by atoms with Gasteiger partial charge in [0.25, 0.3) is 0 Å². The van der Waals surface area contributed by atoms with Crippen molar-refractivity contribution >= 4 is 29.1 Å². The van der Waals surface area contributed by atoms with E-state index < -0.39 is 11.6 Å². The molecule has 0 spiro atoms. The van der Waals surface area contributed by atoms with Crippen LogP contribution in [-0.2, 0) is 18.9 Å². The minimum atomic E-state index is -1.08. The van der Waals surface area contributed by atoms with Crippen LogP contribution in [-0.4, -0.2) is 38.0 Å². The lowest BCUT2D eigenvalue weighted by molar-refractivity contribution is -0.193. The van der Waals surface area contributed by atoms with Gasteiger partial charge < -0.3 is 18.9 Å². The van der Waals surface area contributed by atoms with Crippen molar-refractivity contribution in [2.24, 2.45) is 0 Å². The summed E-state index contributed by atoms with van der Waals surface area (Å²) in [6.45, 7) is 11.1. The van der Waals surface area contributed by atoms with Crippen molar-refractivity contribution in [2.45, 2.75) is 105 Å². The molecule has 0 fully saturated rings. The van der Waals surface area contributed by atoms with Gasteiger partial charge in [-0.2, -0.15) is 0 Å². The standard InChI is InChI=1S/C40H52O4S2/c1-5-9-27-41-39(42-28-10-6-2)32-38(46-35-21-17-14-18-22-35)40(43-29-11-7-3,44-30-12-8-4)31-37(39)33-23-25-36(26-24-33)45-34-19-15-13-16-20-34/h13-26,31-32H,5-12,27-30H2,1-4H3. The quantitative estimate of drug-likeness (QED) is 0.0836. The highest BCUT2D eigenvalue weighted by Gasteiger charge is 2.48. The molecule has 0 N–H and O–H groups in total. The van der Waals surface area contributed by atoms with E-state index in [1.54, 1.807) is 23.5 Å². The molecule has 1 aliphatic carbocycles. The molecular formula is C40H52O4S2. The average Bonchev–Trinajstić information content (AvgIpc) is 3.08. The van der Waals surface area contributed by atoms with Crippen LogP contribution < -0.4 is 0 Å². The minimum absolute atomic E-state index is 0.585. The van der Waals surface area contributed by atoms with E-state index in [1.165, 1.54) is 9.79 Å². The lowest BCUT2D eigenvalue weighted by Gasteiger charge is -2.43. The summed E-state index contributed by atoms with van der Waals surface area (Å²) in [6, 6.07) is 29.7. The molecule has 0 bridgehead atoms. The van der Waals surface area contributed by atoms with E-state index in [-0.39, 0.29) is 0 Å². The predicted octanol–water partition coefficient (Wildman–Crippen LogP) is 11.6. The van der Waals surface area contributed by atoms with Crippen LogP contribution in [0.5, 0.6) is 0 Å². The maximum atomic E-state index is 6.87. The fraction of sp³-hybridized carbons (Fsp3) is 0.450. The zero-order chi connectivity index (χ0) is 32.5. The Morgan fingerprint density at radius 1 is 0.457 bits per heavy atom. The smallest absolute Gasteiger partial charge is 0.222 e. The molecule has 0 saturated heterocycles. The van der Waals surface area contributed by atoms with Crippen molar-refractivity contribution in [3.05, 3.63) is 108 Å². The first-order valence-corrected chi connectivity index (χ1v) is 18.8. The predicted molar refractivity (Wildman–Crippen MR) is 194 cm³/mol. The SMILES string of the molecule is CCCCOC1(OCCCC)C=C(c2ccc(Sc3ccccc3)cc2)C(OCCCC)(OCCCC)C=C1Sc1ccccc1. The lowest BCUT2D eigenvalue weighted by atomic mass is 9.89. The minimum Gasteiger partial charge on any atom is -0.343 e. The van der Waals surface area contributed by atoms with Gasteiger partial charge in [0, 0.05) is 20.3 Å². The summed E-state index contributed by atoms with van der Waals surface area (Å²) in [5.41, 5.74) is 1.97. The van der Waals surface area contributed by atoms with Crippen LogP contribution in [0.15, 0.2) is 117 Å². The van der Waals surface area contributed by atoms with Crippen LogP contribution in [0.3, 0.4) is 0 Å².